The number of hydrogen-bond acceptors (Lipinski definition) is 2. The first-order chi connectivity index (χ1) is 4.16. The summed E-state index contributed by atoms with van der Waals surface area (Å²) in [7, 11) is 0. The van der Waals surface area contributed by atoms with Gasteiger partial charge < -0.3 is 4.74 Å². The second-order valence-corrected chi connectivity index (χ2v) is 1.82. The monoisotopic (exact) mass is 131 g/mol. The maximum Gasteiger partial charge on any atom is 0.308 e. The molecule has 9 heavy (non-hydrogen) atoms. The molecule has 0 aromatic rings. The zero-order valence-electron chi connectivity index (χ0n) is 5.72. The Bertz CT molecular complexity index is 88.3. The third-order valence-corrected chi connectivity index (χ3v) is 0.759. The van der Waals surface area contributed by atoms with Crippen LogP contribution >= 0.6 is 0 Å². The number of ether oxygens (including phenoxy) is 1. The van der Waals surface area contributed by atoms with Crippen molar-refractivity contribution in [3.05, 3.63) is 0 Å². The summed E-state index contributed by atoms with van der Waals surface area (Å²) in [6.07, 6.45) is -0.863. The van der Waals surface area contributed by atoms with Gasteiger partial charge in [0, 0.05) is 0 Å². The van der Waals surface area contributed by atoms with Gasteiger partial charge in [-0.15, -0.1) is 0 Å². The summed E-state index contributed by atoms with van der Waals surface area (Å²) in [5, 5.41) is 10.3. The average Bonchev–Trinajstić information content (AvgIpc) is 1.63. The van der Waals surface area contributed by atoms with Crippen LogP contribution in [0, 0.1) is 0 Å². The fourth-order valence-corrected chi connectivity index (χ4v) is 0.455. The molecule has 0 aliphatic carbocycles. The number of carbonyl (C=O) groups excluding carboxylic acids is 1. The Labute approximate surface area is 54.6 Å². The molecule has 3 heteroatoms. The lowest BCUT2D eigenvalue weighted by molar-refractivity contribution is -0.145. The van der Waals surface area contributed by atoms with Gasteiger partial charge in [0.2, 0.25) is 0 Å². The molecule has 0 heterocycles. The highest BCUT2D eigenvalue weighted by Crippen LogP contribution is 1.92. The van der Waals surface area contributed by atoms with Gasteiger partial charge in [0.15, 0.2) is 0 Å². The van der Waals surface area contributed by atoms with Crippen molar-refractivity contribution in [3.63, 3.8) is 0 Å². The van der Waals surface area contributed by atoms with Crippen LogP contribution in [0.1, 0.15) is 20.3 Å². The number of carbonyl (C=O) groups is 1. The molecular weight excluding hydrogens is 120 g/mol. The lowest BCUT2D eigenvalue weighted by Gasteiger charge is -2.00. The van der Waals surface area contributed by atoms with E-state index in [1.54, 1.807) is 6.92 Å². The van der Waals surface area contributed by atoms with Crippen LogP contribution in [0.25, 0.3) is 0 Å². The van der Waals surface area contributed by atoms with Gasteiger partial charge in [-0.2, -0.15) is 0 Å². The number of esters is 1. The molecule has 0 aliphatic rings. The fraction of sp³-hybridized carbons (Fsp3) is 0.833. The summed E-state index contributed by atoms with van der Waals surface area (Å²) in [4.78, 5) is 10.4. The van der Waals surface area contributed by atoms with Crippen LogP contribution in [0.15, 0.2) is 0 Å². The maximum absolute atomic E-state index is 10.4. The zero-order chi connectivity index (χ0) is 7.28. The molecule has 0 saturated heterocycles. The van der Waals surface area contributed by atoms with Gasteiger partial charge in [-0.25, -0.2) is 5.11 Å². The van der Waals surface area contributed by atoms with E-state index in [2.05, 4.69) is 4.74 Å². The molecule has 0 aromatic carbocycles. The second kappa shape index (κ2) is 4.32. The number of hydrogen-bond donors (Lipinski definition) is 0. The van der Waals surface area contributed by atoms with Crippen molar-refractivity contribution >= 4 is 5.97 Å². The summed E-state index contributed by atoms with van der Waals surface area (Å²) in [5.74, 6) is -0.403. The third-order valence-electron chi connectivity index (χ3n) is 0.759. The lowest BCUT2D eigenvalue weighted by atomic mass is 10.3. The van der Waals surface area contributed by atoms with Crippen LogP contribution in [0.2, 0.25) is 0 Å². The molecule has 53 valence electrons. The van der Waals surface area contributed by atoms with E-state index in [0.29, 0.717) is 6.61 Å². The summed E-state index contributed by atoms with van der Waals surface area (Å²) < 4.78 is 4.51. The fourth-order valence-electron chi connectivity index (χ4n) is 0.455. The van der Waals surface area contributed by atoms with E-state index in [4.69, 9.17) is 0 Å². The highest BCUT2D eigenvalue weighted by atomic mass is 16.5. The largest absolute Gasteiger partial charge is 0.466 e. The van der Waals surface area contributed by atoms with Gasteiger partial charge in [0.25, 0.3) is 0 Å². The Balaban J connectivity index is 3.27. The SMILES string of the molecule is CCOC(=O)CC(C)[O]. The van der Waals surface area contributed by atoms with E-state index in [-0.39, 0.29) is 6.42 Å². The second-order valence-electron chi connectivity index (χ2n) is 1.82. The molecule has 0 spiro atoms. The van der Waals surface area contributed by atoms with E-state index in [1.807, 2.05) is 0 Å². The van der Waals surface area contributed by atoms with Crippen LogP contribution in [-0.2, 0) is 14.6 Å². The molecule has 1 atom stereocenters. The lowest BCUT2D eigenvalue weighted by Crippen LogP contribution is -2.11. The van der Waals surface area contributed by atoms with Crippen LogP contribution < -0.4 is 0 Å². The molecular formula is C6H11O3. The summed E-state index contributed by atoms with van der Waals surface area (Å²) in [5.41, 5.74) is 0. The van der Waals surface area contributed by atoms with Crippen molar-refractivity contribution in [2.75, 3.05) is 6.61 Å². The Kier molecular flexibility index (Phi) is 4.05. The predicted molar refractivity (Wildman–Crippen MR) is 31.4 cm³/mol. The van der Waals surface area contributed by atoms with Crippen molar-refractivity contribution in [1.29, 1.82) is 0 Å². The zero-order valence-corrected chi connectivity index (χ0v) is 5.72. The minimum Gasteiger partial charge on any atom is -0.466 e. The van der Waals surface area contributed by atoms with Gasteiger partial charge in [0.05, 0.1) is 13.0 Å². The summed E-state index contributed by atoms with van der Waals surface area (Å²) >= 11 is 0. The van der Waals surface area contributed by atoms with E-state index in [9.17, 15) is 9.90 Å². The molecule has 0 N–H and O–H groups in total. The van der Waals surface area contributed by atoms with E-state index >= 15 is 0 Å². The standard InChI is InChI=1S/C6H11O3/c1-3-9-6(8)4-5(2)7/h5H,3-4H2,1-2H3. The molecule has 0 rings (SSSR count). The summed E-state index contributed by atoms with van der Waals surface area (Å²) in [6, 6.07) is 0. The average molecular weight is 131 g/mol. The van der Waals surface area contributed by atoms with Gasteiger partial charge >= 0.3 is 5.97 Å². The number of rotatable bonds is 3. The Hall–Kier alpha value is -0.570. The smallest absolute Gasteiger partial charge is 0.308 e. The van der Waals surface area contributed by atoms with E-state index in [0.717, 1.165) is 0 Å². The normalized spacial score (nSPS) is 12.8. The van der Waals surface area contributed by atoms with Crippen LogP contribution in [0.4, 0.5) is 0 Å². The quantitative estimate of drug-likeness (QED) is 0.531. The molecule has 0 aliphatic heterocycles. The molecule has 0 aromatic heterocycles. The van der Waals surface area contributed by atoms with E-state index in [1.165, 1.54) is 6.92 Å². The van der Waals surface area contributed by atoms with Gasteiger partial charge in [-0.1, -0.05) is 0 Å². The molecule has 1 radical (unpaired) electrons. The topological polar surface area (TPSA) is 46.2 Å². The van der Waals surface area contributed by atoms with Gasteiger partial charge in [-0.05, 0) is 13.8 Å². The predicted octanol–water partition coefficient (Wildman–Crippen LogP) is 0.759. The highest BCUT2D eigenvalue weighted by molar-refractivity contribution is 5.69. The Morgan fingerprint density at radius 3 is 2.56 bits per heavy atom. The molecule has 0 amide bonds. The Morgan fingerprint density at radius 2 is 2.22 bits per heavy atom. The first kappa shape index (κ1) is 8.43. The molecule has 0 bridgehead atoms. The highest BCUT2D eigenvalue weighted by Gasteiger charge is 2.06. The van der Waals surface area contributed by atoms with Crippen LogP contribution in [-0.4, -0.2) is 18.7 Å². The third kappa shape index (κ3) is 5.30. The minimum absolute atomic E-state index is 0.0200. The van der Waals surface area contributed by atoms with Crippen LogP contribution in [0.5, 0.6) is 0 Å². The van der Waals surface area contributed by atoms with E-state index < -0.39 is 12.1 Å². The first-order valence-corrected chi connectivity index (χ1v) is 2.98. The summed E-state index contributed by atoms with van der Waals surface area (Å²) in [6.45, 7) is 3.51. The molecule has 1 unspecified atom stereocenters. The van der Waals surface area contributed by atoms with Gasteiger partial charge in [-0.3, -0.25) is 4.79 Å². The van der Waals surface area contributed by atoms with Crippen LogP contribution in [0.3, 0.4) is 0 Å². The Morgan fingerprint density at radius 1 is 1.67 bits per heavy atom. The van der Waals surface area contributed by atoms with Crippen molar-refractivity contribution < 1.29 is 14.6 Å². The van der Waals surface area contributed by atoms with Crippen molar-refractivity contribution in [2.24, 2.45) is 0 Å². The molecule has 0 saturated carbocycles. The first-order valence-electron chi connectivity index (χ1n) is 2.98. The van der Waals surface area contributed by atoms with Crippen molar-refractivity contribution in [1.82, 2.24) is 0 Å². The molecule has 0 fully saturated rings. The van der Waals surface area contributed by atoms with Gasteiger partial charge in [0.1, 0.15) is 6.10 Å². The van der Waals surface area contributed by atoms with Crippen molar-refractivity contribution in [2.45, 2.75) is 26.4 Å². The maximum atomic E-state index is 10.4. The van der Waals surface area contributed by atoms with Crippen molar-refractivity contribution in [3.8, 4) is 0 Å². The minimum atomic E-state index is -0.843. The molecule has 3 nitrogen and oxygen atoms in total.